The number of benzene rings is 2. The van der Waals surface area contributed by atoms with Crippen molar-refractivity contribution in [3.8, 4) is 0 Å². The molecule has 4 amide bonds. The first-order chi connectivity index (χ1) is 23.2. The van der Waals surface area contributed by atoms with Gasteiger partial charge in [-0.05, 0) is 36.0 Å². The lowest BCUT2D eigenvalue weighted by molar-refractivity contribution is -0.121. The van der Waals surface area contributed by atoms with E-state index in [-0.39, 0.29) is 37.6 Å². The van der Waals surface area contributed by atoms with Crippen LogP contribution in [0.4, 0.5) is 9.59 Å². The minimum atomic E-state index is -0.511. The molecule has 0 aliphatic rings. The summed E-state index contributed by atoms with van der Waals surface area (Å²) in [6, 6.07) is 18.7. The van der Waals surface area contributed by atoms with Gasteiger partial charge < -0.3 is 25.6 Å². The van der Waals surface area contributed by atoms with E-state index in [1.165, 1.54) is 11.3 Å². The second-order valence-corrected chi connectivity index (χ2v) is 13.7. The van der Waals surface area contributed by atoms with Gasteiger partial charge in [-0.3, -0.25) is 9.78 Å². The van der Waals surface area contributed by atoms with Crippen molar-refractivity contribution in [2.45, 2.75) is 70.7 Å². The average Bonchev–Trinajstić information content (AvgIpc) is 3.79. The lowest BCUT2D eigenvalue weighted by Gasteiger charge is -2.25. The highest BCUT2D eigenvalue weighted by atomic mass is 32.1. The predicted octanol–water partition coefficient (Wildman–Crippen LogP) is 6.77. The molecule has 254 valence electrons. The summed E-state index contributed by atoms with van der Waals surface area (Å²) in [6.07, 6.45) is 2.93. The first-order valence-electron chi connectivity index (χ1n) is 16.0. The van der Waals surface area contributed by atoms with Gasteiger partial charge in [-0.25, -0.2) is 14.6 Å². The Hall–Kier alpha value is -4.55. The van der Waals surface area contributed by atoms with Crippen molar-refractivity contribution in [2.75, 3.05) is 13.6 Å². The van der Waals surface area contributed by atoms with Crippen molar-refractivity contribution in [1.82, 2.24) is 30.8 Å². The van der Waals surface area contributed by atoms with Gasteiger partial charge in [-0.15, -0.1) is 22.7 Å². The number of aromatic nitrogens is 2. The molecule has 0 aliphatic heterocycles. The van der Waals surface area contributed by atoms with E-state index >= 15 is 0 Å². The van der Waals surface area contributed by atoms with Gasteiger partial charge in [0.15, 0.2) is 0 Å². The van der Waals surface area contributed by atoms with Gasteiger partial charge in [0.25, 0.3) is 0 Å². The SMILES string of the molecule is C=C(c1ccccc1)[C@@H](CC[C@H](Cc1ccccc1)NC(=O)OCc1cncs1)NC(=O)CCNC(=O)N(C)Cc1csc(C(C)C)n1. The highest BCUT2D eigenvalue weighted by Crippen LogP contribution is 2.22. The fourth-order valence-corrected chi connectivity index (χ4v) is 6.33. The molecule has 12 heteroatoms. The molecular formula is C36H44N6O4S2. The number of nitrogens with one attached hydrogen (secondary N) is 3. The van der Waals surface area contributed by atoms with Crippen molar-refractivity contribution in [2.24, 2.45) is 0 Å². The molecule has 4 rings (SSSR count). The lowest BCUT2D eigenvalue weighted by atomic mass is 9.93. The Morgan fingerprint density at radius 2 is 1.71 bits per heavy atom. The van der Waals surface area contributed by atoms with Gasteiger partial charge in [-0.1, -0.05) is 81.1 Å². The number of nitrogens with zero attached hydrogens (tertiary/aromatic N) is 3. The number of amides is 4. The van der Waals surface area contributed by atoms with Crippen LogP contribution in [0.15, 0.2) is 84.3 Å². The van der Waals surface area contributed by atoms with E-state index in [1.807, 2.05) is 66.0 Å². The monoisotopic (exact) mass is 688 g/mol. The molecule has 10 nitrogen and oxygen atoms in total. The molecule has 0 aliphatic carbocycles. The molecular weight excluding hydrogens is 645 g/mol. The van der Waals surface area contributed by atoms with Crippen molar-refractivity contribution in [3.63, 3.8) is 0 Å². The largest absolute Gasteiger partial charge is 0.444 e. The predicted molar refractivity (Wildman–Crippen MR) is 192 cm³/mol. The van der Waals surface area contributed by atoms with Gasteiger partial charge >= 0.3 is 12.1 Å². The van der Waals surface area contributed by atoms with E-state index in [4.69, 9.17) is 4.74 Å². The number of hydrogen-bond acceptors (Lipinski definition) is 8. The molecule has 2 heterocycles. The molecule has 0 fully saturated rings. The molecule has 0 saturated heterocycles. The van der Waals surface area contributed by atoms with Crippen molar-refractivity contribution < 1.29 is 19.1 Å². The molecule has 2 atom stereocenters. The zero-order valence-corrected chi connectivity index (χ0v) is 29.3. The summed E-state index contributed by atoms with van der Waals surface area (Å²) in [5.74, 6) is 0.128. The third-order valence-electron chi connectivity index (χ3n) is 7.62. The summed E-state index contributed by atoms with van der Waals surface area (Å²) in [6.45, 7) is 9.22. The number of rotatable bonds is 17. The summed E-state index contributed by atoms with van der Waals surface area (Å²) >= 11 is 3.01. The number of thiazole rings is 2. The molecule has 0 bridgehead atoms. The molecule has 0 radical (unpaired) electrons. The van der Waals surface area contributed by atoms with E-state index in [0.717, 1.165) is 32.3 Å². The second kappa shape index (κ2) is 18.7. The van der Waals surface area contributed by atoms with Crippen molar-refractivity contribution in [1.29, 1.82) is 0 Å². The lowest BCUT2D eigenvalue weighted by Crippen LogP contribution is -2.42. The number of carbonyl (C=O) groups excluding carboxylic acids is 3. The molecule has 2 aromatic carbocycles. The van der Waals surface area contributed by atoms with Crippen LogP contribution in [0, 0.1) is 0 Å². The van der Waals surface area contributed by atoms with Crippen LogP contribution in [-0.2, 0) is 29.1 Å². The quantitative estimate of drug-likeness (QED) is 0.112. The standard InChI is InChI=1S/C36H44N6O4S2/c1-25(2)34-39-30(23-47-34)21-42(4)35(44)38-18-17-33(43)41-32(26(3)28-13-9-6-10-14-28)16-15-29(19-27-11-7-5-8-12-27)40-36(45)46-22-31-20-37-24-48-31/h5-14,20,23-25,29,32H,3,15-19,21-22H2,1-2,4H3,(H,38,44)(H,40,45)(H,41,43)/t29-,32-/m1/s1. The van der Waals surface area contributed by atoms with Crippen molar-refractivity contribution >= 4 is 46.3 Å². The number of urea groups is 1. The summed E-state index contributed by atoms with van der Waals surface area (Å²) < 4.78 is 5.46. The van der Waals surface area contributed by atoms with E-state index in [2.05, 4.69) is 46.3 Å². The highest BCUT2D eigenvalue weighted by molar-refractivity contribution is 7.09. The molecule has 0 saturated carbocycles. The summed E-state index contributed by atoms with van der Waals surface area (Å²) in [7, 11) is 1.71. The Labute approximate surface area is 290 Å². The van der Waals surface area contributed by atoms with Gasteiger partial charge in [0, 0.05) is 43.5 Å². The normalized spacial score (nSPS) is 12.2. The minimum absolute atomic E-state index is 0.0992. The van der Waals surface area contributed by atoms with Crippen molar-refractivity contribution in [3.05, 3.63) is 111 Å². The first kappa shape index (κ1) is 36.3. The van der Waals surface area contributed by atoms with Crippen LogP contribution in [0.25, 0.3) is 5.57 Å². The van der Waals surface area contributed by atoms with E-state index < -0.39 is 12.1 Å². The van der Waals surface area contributed by atoms with Crippen LogP contribution in [0.1, 0.15) is 65.7 Å². The third kappa shape index (κ3) is 11.9. The maximum Gasteiger partial charge on any atom is 0.407 e. The fourth-order valence-electron chi connectivity index (χ4n) is 5.00. The van der Waals surface area contributed by atoms with Gasteiger partial charge in [0.2, 0.25) is 5.91 Å². The number of alkyl carbamates (subject to hydrolysis) is 1. The first-order valence-corrected chi connectivity index (χ1v) is 17.7. The van der Waals surface area contributed by atoms with Crippen LogP contribution >= 0.6 is 22.7 Å². The number of carbonyl (C=O) groups is 3. The Morgan fingerprint density at radius 3 is 2.38 bits per heavy atom. The molecule has 0 spiro atoms. The molecule has 3 N–H and O–H groups in total. The van der Waals surface area contributed by atoms with Crippen LogP contribution in [0.2, 0.25) is 0 Å². The zero-order valence-electron chi connectivity index (χ0n) is 27.7. The smallest absolute Gasteiger partial charge is 0.407 e. The number of ether oxygens (including phenoxy) is 1. The highest BCUT2D eigenvalue weighted by Gasteiger charge is 2.22. The molecule has 4 aromatic rings. The Kier molecular flexibility index (Phi) is 14.1. The Bertz CT molecular complexity index is 1590. The fraction of sp³-hybridized carbons (Fsp3) is 0.361. The van der Waals surface area contributed by atoms with E-state index in [0.29, 0.717) is 31.7 Å². The topological polar surface area (TPSA) is 126 Å². The second-order valence-electron chi connectivity index (χ2n) is 11.8. The van der Waals surface area contributed by atoms with Gasteiger partial charge in [0.05, 0.1) is 33.7 Å². The van der Waals surface area contributed by atoms with Crippen LogP contribution in [0.5, 0.6) is 0 Å². The minimum Gasteiger partial charge on any atom is -0.444 e. The van der Waals surface area contributed by atoms with Gasteiger partial charge in [0.1, 0.15) is 6.61 Å². The Morgan fingerprint density at radius 1 is 0.979 bits per heavy atom. The molecule has 48 heavy (non-hydrogen) atoms. The zero-order chi connectivity index (χ0) is 34.3. The molecule has 2 aromatic heterocycles. The average molecular weight is 689 g/mol. The maximum atomic E-state index is 13.2. The third-order valence-corrected chi connectivity index (χ3v) is 9.56. The summed E-state index contributed by atoms with van der Waals surface area (Å²) in [4.78, 5) is 49.7. The van der Waals surface area contributed by atoms with Crippen LogP contribution in [-0.4, -0.2) is 58.6 Å². The Balaban J connectivity index is 1.34. The van der Waals surface area contributed by atoms with Crippen LogP contribution < -0.4 is 16.0 Å². The van der Waals surface area contributed by atoms with Crippen LogP contribution in [0.3, 0.4) is 0 Å². The van der Waals surface area contributed by atoms with E-state index in [1.54, 1.807) is 35.0 Å². The molecule has 0 unspecified atom stereocenters. The van der Waals surface area contributed by atoms with E-state index in [9.17, 15) is 14.4 Å². The van der Waals surface area contributed by atoms with Gasteiger partial charge in [-0.2, -0.15) is 0 Å². The maximum absolute atomic E-state index is 13.2. The summed E-state index contributed by atoms with van der Waals surface area (Å²) in [5.41, 5.74) is 5.29. The summed E-state index contributed by atoms with van der Waals surface area (Å²) in [5, 5.41) is 12.0. The number of hydrogen-bond donors (Lipinski definition) is 3.